The molecule has 0 saturated heterocycles. The van der Waals surface area contributed by atoms with Gasteiger partial charge >= 0.3 is 0 Å². The number of methoxy groups -OCH3 is 2. The number of rotatable bonds is 5. The van der Waals surface area contributed by atoms with Crippen LogP contribution in [0.3, 0.4) is 0 Å². The van der Waals surface area contributed by atoms with Crippen LogP contribution in [0.15, 0.2) is 41.4 Å². The Hall–Kier alpha value is -3.09. The summed E-state index contributed by atoms with van der Waals surface area (Å²) >= 11 is 0. The predicted octanol–water partition coefficient (Wildman–Crippen LogP) is 3.05. The first kappa shape index (κ1) is 18.7. The minimum Gasteiger partial charge on any atom is -0.493 e. The second kappa shape index (κ2) is 9.02. The summed E-state index contributed by atoms with van der Waals surface area (Å²) in [6.07, 6.45) is 0.893. The highest BCUT2D eigenvalue weighted by atomic mass is 16.5. The van der Waals surface area contributed by atoms with Crippen molar-refractivity contribution in [3.05, 3.63) is 42.0 Å². The minimum atomic E-state index is 0.601. The number of ether oxygens (including phenoxy) is 4. The van der Waals surface area contributed by atoms with E-state index < -0.39 is 0 Å². The number of hydrogen-bond acceptors (Lipinski definition) is 5. The van der Waals surface area contributed by atoms with Gasteiger partial charge in [-0.1, -0.05) is 6.07 Å². The molecule has 0 radical (unpaired) electrons. The van der Waals surface area contributed by atoms with Crippen molar-refractivity contribution in [1.29, 1.82) is 0 Å². The number of nitrogens with one attached hydrogen (secondary N) is 2. The summed E-state index contributed by atoms with van der Waals surface area (Å²) in [7, 11) is 4.95. The van der Waals surface area contributed by atoms with E-state index in [1.807, 2.05) is 36.4 Å². The van der Waals surface area contributed by atoms with Crippen LogP contribution in [0.5, 0.6) is 23.0 Å². The first-order chi connectivity index (χ1) is 13.2. The molecule has 7 heteroatoms. The van der Waals surface area contributed by atoms with Crippen molar-refractivity contribution in [2.75, 3.05) is 39.8 Å². The van der Waals surface area contributed by atoms with Crippen molar-refractivity contribution in [2.24, 2.45) is 4.99 Å². The molecule has 0 saturated carbocycles. The van der Waals surface area contributed by atoms with Crippen LogP contribution >= 0.6 is 0 Å². The van der Waals surface area contributed by atoms with Gasteiger partial charge in [-0.05, 0) is 29.8 Å². The lowest BCUT2D eigenvalue weighted by atomic mass is 10.2. The van der Waals surface area contributed by atoms with Crippen LogP contribution in [-0.4, -0.2) is 40.4 Å². The zero-order chi connectivity index (χ0) is 19.1. The molecular weight excluding hydrogens is 346 g/mol. The van der Waals surface area contributed by atoms with Crippen molar-refractivity contribution in [3.63, 3.8) is 0 Å². The van der Waals surface area contributed by atoms with Gasteiger partial charge in [0.2, 0.25) is 0 Å². The first-order valence-corrected chi connectivity index (χ1v) is 8.81. The van der Waals surface area contributed by atoms with E-state index in [-0.39, 0.29) is 0 Å². The van der Waals surface area contributed by atoms with Gasteiger partial charge in [-0.25, -0.2) is 0 Å². The molecule has 0 fully saturated rings. The van der Waals surface area contributed by atoms with Gasteiger partial charge in [-0.15, -0.1) is 0 Å². The van der Waals surface area contributed by atoms with Gasteiger partial charge < -0.3 is 29.6 Å². The van der Waals surface area contributed by atoms with Crippen molar-refractivity contribution < 1.29 is 18.9 Å². The summed E-state index contributed by atoms with van der Waals surface area (Å²) in [5.41, 5.74) is 1.92. The summed E-state index contributed by atoms with van der Waals surface area (Å²) in [6.45, 7) is 1.96. The zero-order valence-corrected chi connectivity index (χ0v) is 15.9. The fourth-order valence-corrected chi connectivity index (χ4v) is 2.73. The Balaban J connectivity index is 1.63. The van der Waals surface area contributed by atoms with Gasteiger partial charge in [0.05, 0.1) is 27.4 Å². The molecule has 0 unspecified atom stereocenters. The van der Waals surface area contributed by atoms with Crippen molar-refractivity contribution >= 4 is 11.6 Å². The van der Waals surface area contributed by atoms with Gasteiger partial charge in [-0.3, -0.25) is 4.99 Å². The first-order valence-electron chi connectivity index (χ1n) is 8.81. The molecule has 2 aromatic carbocycles. The maximum Gasteiger partial charge on any atom is 0.195 e. The third kappa shape index (κ3) is 4.75. The summed E-state index contributed by atoms with van der Waals surface area (Å²) < 4.78 is 22.0. The maximum absolute atomic E-state index is 5.74. The molecule has 7 nitrogen and oxygen atoms in total. The lowest BCUT2D eigenvalue weighted by Gasteiger charge is -2.15. The number of benzene rings is 2. The highest BCUT2D eigenvalue weighted by Gasteiger charge is 2.11. The van der Waals surface area contributed by atoms with Crippen LogP contribution in [-0.2, 0) is 6.54 Å². The normalized spacial score (nSPS) is 13.5. The van der Waals surface area contributed by atoms with Crippen LogP contribution in [0.2, 0.25) is 0 Å². The molecule has 27 heavy (non-hydrogen) atoms. The Morgan fingerprint density at radius 2 is 1.78 bits per heavy atom. The van der Waals surface area contributed by atoms with Gasteiger partial charge in [0.25, 0.3) is 0 Å². The standard InChI is InChI=1S/C20H25N3O4/c1-21-20(23-15-6-8-16(24-2)18(12-15)25-3)22-13-14-5-7-17-19(11-14)27-10-4-9-26-17/h5-8,11-12H,4,9-10,13H2,1-3H3,(H2,21,22,23). The molecule has 0 amide bonds. The highest BCUT2D eigenvalue weighted by molar-refractivity contribution is 5.93. The number of aliphatic imine (C=N–C) groups is 1. The van der Waals surface area contributed by atoms with E-state index in [1.54, 1.807) is 21.3 Å². The van der Waals surface area contributed by atoms with Crippen molar-refractivity contribution in [3.8, 4) is 23.0 Å². The van der Waals surface area contributed by atoms with E-state index in [4.69, 9.17) is 18.9 Å². The predicted molar refractivity (Wildman–Crippen MR) is 105 cm³/mol. The molecule has 0 spiro atoms. The summed E-state index contributed by atoms with van der Waals surface area (Å²) in [6, 6.07) is 11.6. The van der Waals surface area contributed by atoms with Crippen LogP contribution in [0, 0.1) is 0 Å². The molecule has 2 aromatic rings. The zero-order valence-electron chi connectivity index (χ0n) is 15.9. The highest BCUT2D eigenvalue weighted by Crippen LogP contribution is 2.31. The third-order valence-electron chi connectivity index (χ3n) is 4.14. The van der Waals surface area contributed by atoms with Gasteiger partial charge in [0, 0.05) is 31.8 Å². The molecule has 0 aliphatic carbocycles. The fraction of sp³-hybridized carbons (Fsp3) is 0.350. The lowest BCUT2D eigenvalue weighted by molar-refractivity contribution is 0.297. The van der Waals surface area contributed by atoms with Gasteiger partial charge in [0.15, 0.2) is 29.0 Å². The SMILES string of the molecule is CN=C(NCc1ccc2c(c1)OCCCO2)Nc1ccc(OC)c(OC)c1. The lowest BCUT2D eigenvalue weighted by Crippen LogP contribution is -2.30. The second-order valence-electron chi connectivity index (χ2n) is 5.95. The summed E-state index contributed by atoms with van der Waals surface area (Å²) in [5.74, 6) is 3.56. The number of fused-ring (bicyclic) bond motifs is 1. The molecule has 0 bridgehead atoms. The van der Waals surface area contributed by atoms with E-state index in [1.165, 1.54) is 0 Å². The Bertz CT molecular complexity index is 808. The average Bonchev–Trinajstić information content (AvgIpc) is 2.95. The molecule has 0 aromatic heterocycles. The third-order valence-corrected chi connectivity index (χ3v) is 4.14. The molecule has 1 aliphatic rings. The second-order valence-corrected chi connectivity index (χ2v) is 5.95. The smallest absolute Gasteiger partial charge is 0.195 e. The van der Waals surface area contributed by atoms with E-state index in [9.17, 15) is 0 Å². The molecule has 0 atom stereocenters. The van der Waals surface area contributed by atoms with E-state index in [0.29, 0.717) is 37.2 Å². The molecule has 1 heterocycles. The maximum atomic E-state index is 5.74. The van der Waals surface area contributed by atoms with Gasteiger partial charge in [-0.2, -0.15) is 0 Å². The van der Waals surface area contributed by atoms with E-state index >= 15 is 0 Å². The van der Waals surface area contributed by atoms with Crippen molar-refractivity contribution in [1.82, 2.24) is 5.32 Å². The van der Waals surface area contributed by atoms with Crippen molar-refractivity contribution in [2.45, 2.75) is 13.0 Å². The largest absolute Gasteiger partial charge is 0.493 e. The molecule has 144 valence electrons. The number of nitrogens with zero attached hydrogens (tertiary/aromatic N) is 1. The number of anilines is 1. The molecule has 3 rings (SSSR count). The summed E-state index contributed by atoms with van der Waals surface area (Å²) in [4.78, 5) is 4.27. The Morgan fingerprint density at radius 3 is 2.52 bits per heavy atom. The van der Waals surface area contributed by atoms with Crippen LogP contribution in [0.1, 0.15) is 12.0 Å². The fourth-order valence-electron chi connectivity index (χ4n) is 2.73. The van der Waals surface area contributed by atoms with E-state index in [2.05, 4.69) is 15.6 Å². The molecular formula is C20H25N3O4. The van der Waals surface area contributed by atoms with Crippen LogP contribution < -0.4 is 29.6 Å². The number of hydrogen-bond donors (Lipinski definition) is 2. The molecule has 1 aliphatic heterocycles. The number of guanidine groups is 1. The van der Waals surface area contributed by atoms with Crippen LogP contribution in [0.4, 0.5) is 5.69 Å². The monoisotopic (exact) mass is 371 g/mol. The van der Waals surface area contributed by atoms with Crippen LogP contribution in [0.25, 0.3) is 0 Å². The molecule has 2 N–H and O–H groups in total. The average molecular weight is 371 g/mol. The minimum absolute atomic E-state index is 0.601. The summed E-state index contributed by atoms with van der Waals surface area (Å²) in [5, 5.41) is 6.54. The quantitative estimate of drug-likeness (QED) is 0.622. The Morgan fingerprint density at radius 1 is 1.00 bits per heavy atom. The Labute approximate surface area is 159 Å². The Kier molecular flexibility index (Phi) is 6.25. The van der Waals surface area contributed by atoms with Gasteiger partial charge in [0.1, 0.15) is 0 Å². The van der Waals surface area contributed by atoms with E-state index in [0.717, 1.165) is 29.2 Å². The topological polar surface area (TPSA) is 73.3 Å².